The topological polar surface area (TPSA) is 126 Å². The van der Waals surface area contributed by atoms with Gasteiger partial charge < -0.3 is 14.6 Å². The molecule has 0 spiro atoms. The van der Waals surface area contributed by atoms with Crippen LogP contribution in [0, 0.1) is 0 Å². The van der Waals surface area contributed by atoms with Crippen LogP contribution in [0.5, 0.6) is 0 Å². The van der Waals surface area contributed by atoms with Crippen molar-refractivity contribution >= 4 is 19.3 Å². The minimum absolute atomic E-state index is 0. The Morgan fingerprint density at radius 2 is 1.40 bits per heavy atom. The minimum Gasteiger partial charge on any atom is -2.00 e. The van der Waals surface area contributed by atoms with Gasteiger partial charge in [-0.2, -0.15) is 0 Å². The molecule has 0 heterocycles. The molecule has 0 aromatic carbocycles. The molecule has 0 saturated heterocycles. The summed E-state index contributed by atoms with van der Waals surface area (Å²) in [5.74, 6) is 0. The van der Waals surface area contributed by atoms with Crippen LogP contribution < -0.4 is 51.4 Å². The van der Waals surface area contributed by atoms with Crippen LogP contribution >= 0.6 is 0 Å². The first-order valence-corrected chi connectivity index (χ1v) is 4.00. The van der Waals surface area contributed by atoms with Crippen molar-refractivity contribution in [3.05, 3.63) is 0 Å². The van der Waals surface area contributed by atoms with E-state index in [-0.39, 0.29) is 73.9 Å². The molecule has 0 aromatic rings. The fraction of sp³-hybridized carbons (Fsp3) is 0. The molecule has 10 heteroatoms. The third kappa shape index (κ3) is 12.8. The van der Waals surface area contributed by atoms with Gasteiger partial charge in [0.2, 0.25) is 0 Å². The minimum atomic E-state index is -5.07. The number of hydrogen-bond acceptors (Lipinski definition) is 5. The Balaban J connectivity index is -0.0000000600. The smallest absolute Gasteiger partial charge is 2.00 e. The molecular formula is FeKO6S2. The van der Waals surface area contributed by atoms with E-state index in [1.807, 2.05) is 0 Å². The van der Waals surface area contributed by atoms with E-state index in [0.717, 1.165) is 0 Å². The second-order valence-electron chi connectivity index (χ2n) is 0.612. The van der Waals surface area contributed by atoms with Crippen molar-refractivity contribution in [1.29, 1.82) is 0 Å². The Kier molecular flexibility index (Phi) is 21.0. The zero-order valence-corrected chi connectivity index (χ0v) is 10.5. The van der Waals surface area contributed by atoms with Gasteiger partial charge >= 0.3 is 68.5 Å². The van der Waals surface area contributed by atoms with Crippen molar-refractivity contribution in [2.24, 2.45) is 0 Å². The SMILES string of the molecule is O=S([O-])S(=O)(=O)[O-].[Fe+3].[K+].[O-2]. The Hall–Kier alpha value is 2.14. The average molecular weight is 255 g/mol. The maximum Gasteiger partial charge on any atom is 3.00 e. The first kappa shape index (κ1) is 22.7. The van der Waals surface area contributed by atoms with Crippen molar-refractivity contribution < 1.29 is 95.7 Å². The maximum absolute atomic E-state index is 9.16. The molecule has 1 unspecified atom stereocenters. The Morgan fingerprint density at radius 1 is 1.30 bits per heavy atom. The van der Waals surface area contributed by atoms with E-state index in [0.29, 0.717) is 0 Å². The monoisotopic (exact) mass is 255 g/mol. The molecule has 1 radical (unpaired) electrons. The molecule has 0 saturated carbocycles. The van der Waals surface area contributed by atoms with Crippen molar-refractivity contribution in [2.45, 2.75) is 0 Å². The van der Waals surface area contributed by atoms with Crippen LogP contribution in [0.1, 0.15) is 0 Å². The van der Waals surface area contributed by atoms with Crippen LogP contribution in [-0.2, 0) is 41.8 Å². The van der Waals surface area contributed by atoms with Gasteiger partial charge in [-0.15, -0.1) is 0 Å². The van der Waals surface area contributed by atoms with E-state index >= 15 is 0 Å². The van der Waals surface area contributed by atoms with Gasteiger partial charge in [-0.25, -0.2) is 8.42 Å². The number of rotatable bonds is 1. The van der Waals surface area contributed by atoms with Crippen molar-refractivity contribution in [3.8, 4) is 0 Å². The van der Waals surface area contributed by atoms with E-state index in [2.05, 4.69) is 0 Å². The first-order chi connectivity index (χ1) is 2.94. The predicted octanol–water partition coefficient (Wildman–Crippen LogP) is -4.79. The maximum atomic E-state index is 9.16. The quantitative estimate of drug-likeness (QED) is 0.201. The summed E-state index contributed by atoms with van der Waals surface area (Å²) < 4.78 is 45.7. The summed E-state index contributed by atoms with van der Waals surface area (Å²) in [7, 11) is -8.59. The van der Waals surface area contributed by atoms with E-state index < -0.39 is 19.3 Å². The Morgan fingerprint density at radius 3 is 1.40 bits per heavy atom. The van der Waals surface area contributed by atoms with E-state index in [9.17, 15) is 0 Å². The van der Waals surface area contributed by atoms with Gasteiger partial charge in [0, 0.05) is 0 Å². The predicted molar refractivity (Wildman–Crippen MR) is 19.3 cm³/mol. The normalized spacial score (nSPS) is 11.4. The molecule has 0 aromatic heterocycles. The molecule has 0 aliphatic rings. The van der Waals surface area contributed by atoms with Gasteiger partial charge in [-0.1, -0.05) is 0 Å². The summed E-state index contributed by atoms with van der Waals surface area (Å²) in [5, 5.41) is 0. The summed E-state index contributed by atoms with van der Waals surface area (Å²) >= 11 is 0. The van der Waals surface area contributed by atoms with Crippen molar-refractivity contribution in [3.63, 3.8) is 0 Å². The molecule has 0 N–H and O–H groups in total. The zero-order valence-electron chi connectivity index (χ0n) is 4.62. The van der Waals surface area contributed by atoms with Crippen molar-refractivity contribution in [1.82, 2.24) is 0 Å². The summed E-state index contributed by atoms with van der Waals surface area (Å²) in [6, 6.07) is 0. The largest absolute Gasteiger partial charge is 3.00 e. The molecule has 57 valence electrons. The molecule has 0 aliphatic heterocycles. The second-order valence-corrected chi connectivity index (χ2v) is 3.88. The van der Waals surface area contributed by atoms with Gasteiger partial charge in [0.1, 0.15) is 0 Å². The fourth-order valence-electron chi connectivity index (χ4n) is 0. The van der Waals surface area contributed by atoms with Crippen LogP contribution in [0.4, 0.5) is 0 Å². The van der Waals surface area contributed by atoms with Crippen LogP contribution in [0.15, 0.2) is 0 Å². The summed E-state index contributed by atoms with van der Waals surface area (Å²) in [6.45, 7) is 0. The van der Waals surface area contributed by atoms with Crippen molar-refractivity contribution in [2.75, 3.05) is 0 Å². The van der Waals surface area contributed by atoms with Crippen LogP contribution in [-0.4, -0.2) is 21.7 Å². The van der Waals surface area contributed by atoms with Gasteiger partial charge in [0.05, 0.1) is 10.1 Å². The second kappa shape index (κ2) is 9.23. The third-order valence-corrected chi connectivity index (χ3v) is 1.50. The van der Waals surface area contributed by atoms with Crippen LogP contribution in [0.2, 0.25) is 0 Å². The van der Waals surface area contributed by atoms with E-state index in [4.69, 9.17) is 21.7 Å². The molecule has 0 amide bonds. The third-order valence-electron chi connectivity index (χ3n) is 0.167. The summed E-state index contributed by atoms with van der Waals surface area (Å²) in [5.41, 5.74) is 0. The fourth-order valence-corrected chi connectivity index (χ4v) is 0. The Bertz CT molecular complexity index is 170. The van der Waals surface area contributed by atoms with Crippen LogP contribution in [0.3, 0.4) is 0 Å². The van der Waals surface area contributed by atoms with Crippen LogP contribution in [0.25, 0.3) is 0 Å². The van der Waals surface area contributed by atoms with E-state index in [1.165, 1.54) is 0 Å². The molecule has 0 bridgehead atoms. The Labute approximate surface area is 113 Å². The molecule has 1 atom stereocenters. The first-order valence-electron chi connectivity index (χ1n) is 1.00. The molecule has 10 heavy (non-hydrogen) atoms. The van der Waals surface area contributed by atoms with Gasteiger partial charge in [0.25, 0.3) is 0 Å². The zero-order chi connectivity index (χ0) is 6.08. The standard InChI is InChI=1S/Fe.K.H2O5S2.O/c;;1-6(2)7(3,4)5;/h;;(H,1,2)(H,3,4,5);/q+3;+1;;-2/p-2. The molecule has 0 aliphatic carbocycles. The van der Waals surface area contributed by atoms with E-state index in [1.54, 1.807) is 0 Å². The van der Waals surface area contributed by atoms with Gasteiger partial charge in [0.15, 0.2) is 9.15 Å². The van der Waals surface area contributed by atoms with Gasteiger partial charge in [-0.05, 0) is 0 Å². The molecular weight excluding hydrogens is 255 g/mol. The molecule has 0 rings (SSSR count). The molecule has 0 fully saturated rings. The summed E-state index contributed by atoms with van der Waals surface area (Å²) in [4.78, 5) is 0. The van der Waals surface area contributed by atoms with Gasteiger partial charge in [-0.3, -0.25) is 4.21 Å². The average Bonchev–Trinajstić information content (AvgIpc) is 1.31. The summed E-state index contributed by atoms with van der Waals surface area (Å²) in [6.07, 6.45) is 0. The molecule has 6 nitrogen and oxygen atoms in total. The number of hydrogen-bond donors (Lipinski definition) is 0.